The van der Waals surface area contributed by atoms with Gasteiger partial charge in [0.15, 0.2) is 0 Å². The maximum absolute atomic E-state index is 4.18. The van der Waals surface area contributed by atoms with E-state index in [4.69, 9.17) is 0 Å². The molecule has 3 nitrogen and oxygen atoms in total. The van der Waals surface area contributed by atoms with Crippen LogP contribution in [-0.2, 0) is 6.54 Å². The Morgan fingerprint density at radius 1 is 1.53 bits per heavy atom. The highest BCUT2D eigenvalue weighted by Crippen LogP contribution is 1.97. The topological polar surface area (TPSA) is 29.9 Å². The number of nitrogens with one attached hydrogen (secondary N) is 1. The van der Waals surface area contributed by atoms with Crippen LogP contribution in [0.4, 0.5) is 0 Å². The standard InChI is InChI=1S/C11H21N3S/c1-11(12-6-4-10-15-2)5-9-14-8-3-7-13-14/h3,7-8,11-12H,4-6,9-10H2,1-2H3. The first-order chi connectivity index (χ1) is 7.33. The van der Waals surface area contributed by atoms with Gasteiger partial charge in [0.2, 0.25) is 0 Å². The number of hydrogen-bond donors (Lipinski definition) is 1. The zero-order valence-corrected chi connectivity index (χ0v) is 10.5. The van der Waals surface area contributed by atoms with Crippen LogP contribution in [0, 0.1) is 0 Å². The lowest BCUT2D eigenvalue weighted by Crippen LogP contribution is -2.28. The molecule has 0 radical (unpaired) electrons. The molecule has 1 unspecified atom stereocenters. The van der Waals surface area contributed by atoms with E-state index in [-0.39, 0.29) is 0 Å². The van der Waals surface area contributed by atoms with Crippen LogP contribution in [0.3, 0.4) is 0 Å². The fourth-order valence-electron chi connectivity index (χ4n) is 1.43. The van der Waals surface area contributed by atoms with Crippen LogP contribution in [0.25, 0.3) is 0 Å². The Balaban J connectivity index is 2.01. The molecule has 86 valence electrons. The van der Waals surface area contributed by atoms with Gasteiger partial charge in [-0.3, -0.25) is 4.68 Å². The van der Waals surface area contributed by atoms with Gasteiger partial charge in [-0.2, -0.15) is 16.9 Å². The van der Waals surface area contributed by atoms with E-state index in [9.17, 15) is 0 Å². The van der Waals surface area contributed by atoms with E-state index >= 15 is 0 Å². The molecule has 0 spiro atoms. The zero-order valence-electron chi connectivity index (χ0n) is 9.65. The van der Waals surface area contributed by atoms with E-state index in [1.165, 1.54) is 12.2 Å². The Hall–Kier alpha value is -0.480. The van der Waals surface area contributed by atoms with Crippen molar-refractivity contribution in [1.29, 1.82) is 0 Å². The number of thioether (sulfide) groups is 1. The molecule has 0 aliphatic heterocycles. The molecule has 1 aromatic heterocycles. The Bertz CT molecular complexity index is 236. The van der Waals surface area contributed by atoms with Crippen molar-refractivity contribution < 1.29 is 0 Å². The normalized spacial score (nSPS) is 12.9. The van der Waals surface area contributed by atoms with Crippen LogP contribution >= 0.6 is 11.8 Å². The number of aromatic nitrogens is 2. The molecule has 4 heteroatoms. The second-order valence-electron chi connectivity index (χ2n) is 3.76. The van der Waals surface area contributed by atoms with Crippen molar-refractivity contribution in [2.75, 3.05) is 18.6 Å². The van der Waals surface area contributed by atoms with Crippen LogP contribution in [0.2, 0.25) is 0 Å². The Labute approximate surface area is 96.6 Å². The van der Waals surface area contributed by atoms with E-state index in [0.717, 1.165) is 19.5 Å². The summed E-state index contributed by atoms with van der Waals surface area (Å²) in [6.07, 6.45) is 8.40. The maximum atomic E-state index is 4.18. The number of nitrogens with zero attached hydrogens (tertiary/aromatic N) is 2. The third kappa shape index (κ3) is 5.85. The molecule has 1 aromatic rings. The molecule has 1 heterocycles. The van der Waals surface area contributed by atoms with Gasteiger partial charge in [-0.25, -0.2) is 0 Å². The van der Waals surface area contributed by atoms with Gasteiger partial charge in [0.05, 0.1) is 0 Å². The number of rotatable bonds is 8. The maximum Gasteiger partial charge on any atom is 0.0489 e. The molecule has 0 bridgehead atoms. The highest BCUT2D eigenvalue weighted by Gasteiger charge is 2.00. The van der Waals surface area contributed by atoms with Gasteiger partial charge < -0.3 is 5.32 Å². The molecular weight excluding hydrogens is 206 g/mol. The minimum absolute atomic E-state index is 0.580. The largest absolute Gasteiger partial charge is 0.314 e. The monoisotopic (exact) mass is 227 g/mol. The molecule has 0 aromatic carbocycles. The summed E-state index contributed by atoms with van der Waals surface area (Å²) in [7, 11) is 0. The van der Waals surface area contributed by atoms with E-state index in [0.29, 0.717) is 6.04 Å². The third-order valence-electron chi connectivity index (χ3n) is 2.37. The second kappa shape index (κ2) is 7.77. The summed E-state index contributed by atoms with van der Waals surface area (Å²) in [6, 6.07) is 2.55. The summed E-state index contributed by atoms with van der Waals surface area (Å²) in [5.41, 5.74) is 0. The van der Waals surface area contributed by atoms with Gasteiger partial charge in [-0.1, -0.05) is 0 Å². The van der Waals surface area contributed by atoms with E-state index in [1.807, 2.05) is 34.9 Å². The van der Waals surface area contributed by atoms with Gasteiger partial charge in [0.25, 0.3) is 0 Å². The van der Waals surface area contributed by atoms with Gasteiger partial charge >= 0.3 is 0 Å². The van der Waals surface area contributed by atoms with E-state index in [2.05, 4.69) is 23.6 Å². The minimum atomic E-state index is 0.580. The van der Waals surface area contributed by atoms with Gasteiger partial charge in [0, 0.05) is 25.0 Å². The van der Waals surface area contributed by atoms with Gasteiger partial charge in [-0.15, -0.1) is 0 Å². The first-order valence-corrected chi connectivity index (χ1v) is 6.92. The summed E-state index contributed by atoms with van der Waals surface area (Å²) in [5.74, 6) is 1.25. The molecule has 0 saturated heterocycles. The third-order valence-corrected chi connectivity index (χ3v) is 3.07. The van der Waals surface area contributed by atoms with Crippen LogP contribution in [-0.4, -0.2) is 34.4 Å². The smallest absolute Gasteiger partial charge is 0.0489 e. The lowest BCUT2D eigenvalue weighted by Gasteiger charge is -2.13. The Morgan fingerprint density at radius 3 is 3.07 bits per heavy atom. The van der Waals surface area contributed by atoms with Gasteiger partial charge in [0.1, 0.15) is 0 Å². The highest BCUT2D eigenvalue weighted by molar-refractivity contribution is 7.98. The molecule has 0 aliphatic carbocycles. The average Bonchev–Trinajstić information content (AvgIpc) is 2.74. The zero-order chi connectivity index (χ0) is 10.9. The molecule has 1 N–H and O–H groups in total. The van der Waals surface area contributed by atoms with Crippen molar-refractivity contribution in [3.8, 4) is 0 Å². The van der Waals surface area contributed by atoms with Crippen molar-refractivity contribution in [3.63, 3.8) is 0 Å². The second-order valence-corrected chi connectivity index (χ2v) is 4.74. The van der Waals surface area contributed by atoms with Crippen LogP contribution in [0.5, 0.6) is 0 Å². The van der Waals surface area contributed by atoms with Crippen LogP contribution in [0.1, 0.15) is 19.8 Å². The molecule has 1 atom stereocenters. The predicted molar refractivity (Wildman–Crippen MR) is 67.3 cm³/mol. The lowest BCUT2D eigenvalue weighted by atomic mass is 10.2. The molecular formula is C11H21N3S. The summed E-state index contributed by atoms with van der Waals surface area (Å²) >= 11 is 1.91. The molecule has 1 rings (SSSR count). The average molecular weight is 227 g/mol. The molecule has 0 aliphatic rings. The minimum Gasteiger partial charge on any atom is -0.314 e. The lowest BCUT2D eigenvalue weighted by molar-refractivity contribution is 0.459. The van der Waals surface area contributed by atoms with E-state index < -0.39 is 0 Å². The summed E-state index contributed by atoms with van der Waals surface area (Å²) < 4.78 is 1.99. The summed E-state index contributed by atoms with van der Waals surface area (Å²) in [4.78, 5) is 0. The number of hydrogen-bond acceptors (Lipinski definition) is 3. The first-order valence-electron chi connectivity index (χ1n) is 5.52. The first kappa shape index (κ1) is 12.6. The SMILES string of the molecule is CSCCCNC(C)CCn1cccn1. The summed E-state index contributed by atoms with van der Waals surface area (Å²) in [6.45, 7) is 4.37. The Morgan fingerprint density at radius 2 is 2.40 bits per heavy atom. The number of aryl methyl sites for hydroxylation is 1. The van der Waals surface area contributed by atoms with Crippen molar-refractivity contribution in [2.24, 2.45) is 0 Å². The predicted octanol–water partition coefficient (Wildman–Crippen LogP) is 2.00. The summed E-state index contributed by atoms with van der Waals surface area (Å²) in [5, 5.41) is 7.71. The molecule has 0 saturated carbocycles. The van der Waals surface area contributed by atoms with E-state index in [1.54, 1.807) is 0 Å². The van der Waals surface area contributed by atoms with Crippen molar-refractivity contribution in [2.45, 2.75) is 32.4 Å². The quantitative estimate of drug-likeness (QED) is 0.689. The molecule has 0 fully saturated rings. The van der Waals surface area contributed by atoms with Gasteiger partial charge in [-0.05, 0) is 44.4 Å². The highest BCUT2D eigenvalue weighted by atomic mass is 32.2. The van der Waals surface area contributed by atoms with Crippen LogP contribution in [0.15, 0.2) is 18.5 Å². The molecule has 15 heavy (non-hydrogen) atoms. The fraction of sp³-hybridized carbons (Fsp3) is 0.727. The molecule has 0 amide bonds. The van der Waals surface area contributed by atoms with Crippen LogP contribution < -0.4 is 5.32 Å². The van der Waals surface area contributed by atoms with Crippen molar-refractivity contribution >= 4 is 11.8 Å². The fourth-order valence-corrected chi connectivity index (χ4v) is 1.86. The van der Waals surface area contributed by atoms with Crippen molar-refractivity contribution in [1.82, 2.24) is 15.1 Å². The van der Waals surface area contributed by atoms with Crippen molar-refractivity contribution in [3.05, 3.63) is 18.5 Å². The Kier molecular flexibility index (Phi) is 6.52.